The highest BCUT2D eigenvalue weighted by atomic mass is 35.5. The maximum absolute atomic E-state index is 11.6. The van der Waals surface area contributed by atoms with Crippen LogP contribution in [0.25, 0.3) is 0 Å². The number of nitrogens with two attached hydrogens (primary N) is 2. The van der Waals surface area contributed by atoms with Crippen molar-refractivity contribution in [2.24, 2.45) is 5.14 Å². The number of carbonyl (C=O) groups is 1. The van der Waals surface area contributed by atoms with E-state index in [4.69, 9.17) is 22.5 Å². The van der Waals surface area contributed by atoms with E-state index in [9.17, 15) is 13.2 Å². The maximum Gasteiger partial charge on any atom is 0.251 e. The number of nitrogens with one attached hydrogen (secondary N) is 1. The normalized spacial score (nSPS) is 11.2. The van der Waals surface area contributed by atoms with Crippen LogP contribution in [0.2, 0.25) is 5.15 Å². The molecule has 0 aromatic carbocycles. The van der Waals surface area contributed by atoms with Crippen molar-refractivity contribution in [3.63, 3.8) is 0 Å². The van der Waals surface area contributed by atoms with Gasteiger partial charge in [-0.3, -0.25) is 4.79 Å². The summed E-state index contributed by atoms with van der Waals surface area (Å²) in [7, 11) is -3.50. The van der Waals surface area contributed by atoms with Crippen molar-refractivity contribution < 1.29 is 13.2 Å². The Hall–Kier alpha value is -1.38. The maximum atomic E-state index is 11.6. The van der Waals surface area contributed by atoms with Crippen LogP contribution in [-0.2, 0) is 10.0 Å². The fraction of sp³-hybridized carbons (Fsp3) is 0.333. The molecule has 18 heavy (non-hydrogen) atoms. The van der Waals surface area contributed by atoms with Crippen LogP contribution in [0.15, 0.2) is 12.1 Å². The molecular weight excluding hydrogens is 280 g/mol. The van der Waals surface area contributed by atoms with Gasteiger partial charge in [-0.2, -0.15) is 0 Å². The summed E-state index contributed by atoms with van der Waals surface area (Å²) in [6.45, 7) is 0.190. The fourth-order valence-corrected chi connectivity index (χ4v) is 1.99. The smallest absolute Gasteiger partial charge is 0.251 e. The van der Waals surface area contributed by atoms with E-state index in [2.05, 4.69) is 10.3 Å². The van der Waals surface area contributed by atoms with Crippen molar-refractivity contribution >= 4 is 33.3 Å². The predicted octanol–water partition coefficient (Wildman–Crippen LogP) is -0.274. The highest BCUT2D eigenvalue weighted by Gasteiger charge is 2.08. The number of pyridine rings is 1. The highest BCUT2D eigenvalue weighted by molar-refractivity contribution is 7.89. The number of rotatable bonds is 5. The lowest BCUT2D eigenvalue weighted by atomic mass is 10.2. The Morgan fingerprint density at radius 1 is 1.44 bits per heavy atom. The van der Waals surface area contributed by atoms with Gasteiger partial charge >= 0.3 is 0 Å². The van der Waals surface area contributed by atoms with E-state index in [1.165, 1.54) is 12.1 Å². The minimum atomic E-state index is -3.50. The molecular formula is C9H13ClN4O3S. The summed E-state index contributed by atoms with van der Waals surface area (Å²) in [5.74, 6) is -0.454. The summed E-state index contributed by atoms with van der Waals surface area (Å²) in [6, 6.07) is 2.74. The molecule has 1 heterocycles. The lowest BCUT2D eigenvalue weighted by molar-refractivity contribution is 0.0953. The molecule has 0 bridgehead atoms. The number of aromatic nitrogens is 1. The molecule has 0 atom stereocenters. The van der Waals surface area contributed by atoms with Gasteiger partial charge < -0.3 is 11.1 Å². The lowest BCUT2D eigenvalue weighted by Gasteiger charge is -2.05. The molecule has 7 nitrogen and oxygen atoms in total. The number of halogens is 1. The first kappa shape index (κ1) is 14.7. The molecule has 0 spiro atoms. The molecule has 100 valence electrons. The van der Waals surface area contributed by atoms with Gasteiger partial charge in [-0.25, -0.2) is 18.5 Å². The Labute approximate surface area is 110 Å². The molecule has 5 N–H and O–H groups in total. The van der Waals surface area contributed by atoms with E-state index < -0.39 is 15.9 Å². The van der Waals surface area contributed by atoms with Crippen LogP contribution < -0.4 is 16.2 Å². The summed E-state index contributed by atoms with van der Waals surface area (Å²) in [5, 5.41) is 7.46. The van der Waals surface area contributed by atoms with Gasteiger partial charge in [0.15, 0.2) is 0 Å². The van der Waals surface area contributed by atoms with Gasteiger partial charge in [0.25, 0.3) is 5.91 Å². The predicted molar refractivity (Wildman–Crippen MR) is 68.6 cm³/mol. The van der Waals surface area contributed by atoms with Crippen molar-refractivity contribution in [1.82, 2.24) is 10.3 Å². The number of anilines is 1. The molecule has 9 heteroatoms. The summed E-state index contributed by atoms with van der Waals surface area (Å²) in [5.41, 5.74) is 5.70. The van der Waals surface area contributed by atoms with Crippen molar-refractivity contribution in [2.45, 2.75) is 6.42 Å². The van der Waals surface area contributed by atoms with Crippen LogP contribution >= 0.6 is 11.6 Å². The molecule has 0 aliphatic rings. The van der Waals surface area contributed by atoms with Gasteiger partial charge in [0, 0.05) is 12.1 Å². The molecule has 0 saturated heterocycles. The molecule has 1 aromatic rings. The first-order valence-electron chi connectivity index (χ1n) is 4.99. The molecule has 0 saturated carbocycles. The SMILES string of the molecule is Nc1cc(C(=O)NCCCS(N)(=O)=O)cc(Cl)n1. The van der Waals surface area contributed by atoms with Gasteiger partial charge in [-0.05, 0) is 18.6 Å². The van der Waals surface area contributed by atoms with Crippen LogP contribution in [0.4, 0.5) is 5.82 Å². The van der Waals surface area contributed by atoms with Crippen LogP contribution in [0.1, 0.15) is 16.8 Å². The Morgan fingerprint density at radius 2 is 2.11 bits per heavy atom. The third kappa shape index (κ3) is 5.30. The van der Waals surface area contributed by atoms with Crippen LogP contribution in [0, 0.1) is 0 Å². The van der Waals surface area contributed by atoms with Gasteiger partial charge in [-0.1, -0.05) is 11.6 Å². The Morgan fingerprint density at radius 3 is 2.67 bits per heavy atom. The number of hydrogen-bond acceptors (Lipinski definition) is 5. The summed E-state index contributed by atoms with van der Waals surface area (Å²) in [4.78, 5) is 15.4. The van der Waals surface area contributed by atoms with E-state index in [1.54, 1.807) is 0 Å². The molecule has 0 radical (unpaired) electrons. The van der Waals surface area contributed by atoms with Crippen molar-refractivity contribution in [3.05, 3.63) is 22.8 Å². The molecule has 0 aliphatic heterocycles. The summed E-state index contributed by atoms with van der Waals surface area (Å²) in [6.07, 6.45) is 0.235. The molecule has 0 fully saturated rings. The van der Waals surface area contributed by atoms with Crippen molar-refractivity contribution in [2.75, 3.05) is 18.0 Å². The number of carbonyl (C=O) groups excluding carboxylic acids is 1. The average molecular weight is 293 g/mol. The second-order valence-corrected chi connectivity index (χ2v) is 5.70. The third-order valence-electron chi connectivity index (χ3n) is 1.97. The quantitative estimate of drug-likeness (QED) is 0.508. The minimum Gasteiger partial charge on any atom is -0.384 e. The second kappa shape index (κ2) is 5.98. The number of sulfonamides is 1. The van der Waals surface area contributed by atoms with Gasteiger partial charge in [0.05, 0.1) is 5.75 Å². The standard InChI is InChI=1S/C9H13ClN4O3S/c10-7-4-6(5-8(11)14-7)9(15)13-2-1-3-18(12,16)17/h4-5H,1-3H2,(H2,11,14)(H,13,15)(H2,12,16,17). The number of amides is 1. The van der Waals surface area contributed by atoms with Crippen LogP contribution in [0.3, 0.4) is 0 Å². The molecule has 1 rings (SSSR count). The molecule has 0 unspecified atom stereocenters. The number of nitrogens with zero attached hydrogens (tertiary/aromatic N) is 1. The largest absolute Gasteiger partial charge is 0.384 e. The van der Waals surface area contributed by atoms with E-state index in [0.29, 0.717) is 0 Å². The summed E-state index contributed by atoms with van der Waals surface area (Å²) < 4.78 is 21.3. The highest BCUT2D eigenvalue weighted by Crippen LogP contribution is 2.11. The fourth-order valence-electron chi connectivity index (χ4n) is 1.23. The Kier molecular flexibility index (Phi) is 4.88. The van der Waals surface area contributed by atoms with E-state index >= 15 is 0 Å². The van der Waals surface area contributed by atoms with Gasteiger partial charge in [0.2, 0.25) is 10.0 Å². The van der Waals surface area contributed by atoms with Gasteiger partial charge in [0.1, 0.15) is 11.0 Å². The summed E-state index contributed by atoms with van der Waals surface area (Å²) >= 11 is 5.65. The number of nitrogen functional groups attached to an aromatic ring is 1. The average Bonchev–Trinajstić information content (AvgIpc) is 2.21. The first-order chi connectivity index (χ1) is 8.28. The Balaban J connectivity index is 2.51. The molecule has 0 aliphatic carbocycles. The molecule has 1 amide bonds. The van der Waals surface area contributed by atoms with Crippen molar-refractivity contribution in [1.29, 1.82) is 0 Å². The zero-order valence-corrected chi connectivity index (χ0v) is 11.0. The van der Waals surface area contributed by atoms with Crippen LogP contribution in [0.5, 0.6) is 0 Å². The van der Waals surface area contributed by atoms with E-state index in [0.717, 1.165) is 0 Å². The monoisotopic (exact) mass is 292 g/mol. The number of primary sulfonamides is 1. The van der Waals surface area contributed by atoms with E-state index in [1.807, 2.05) is 0 Å². The second-order valence-electron chi connectivity index (χ2n) is 3.58. The zero-order valence-electron chi connectivity index (χ0n) is 9.39. The molecule has 1 aromatic heterocycles. The minimum absolute atomic E-state index is 0.115. The number of hydrogen-bond donors (Lipinski definition) is 3. The van der Waals surface area contributed by atoms with Crippen LogP contribution in [-0.4, -0.2) is 31.6 Å². The lowest BCUT2D eigenvalue weighted by Crippen LogP contribution is -2.27. The van der Waals surface area contributed by atoms with E-state index in [-0.39, 0.29) is 35.3 Å². The third-order valence-corrected chi connectivity index (χ3v) is 3.02. The first-order valence-corrected chi connectivity index (χ1v) is 7.09. The van der Waals surface area contributed by atoms with Gasteiger partial charge in [-0.15, -0.1) is 0 Å². The zero-order chi connectivity index (χ0) is 13.8. The topological polar surface area (TPSA) is 128 Å². The Bertz CT molecular complexity index is 526. The van der Waals surface area contributed by atoms with Crippen molar-refractivity contribution in [3.8, 4) is 0 Å².